The lowest BCUT2D eigenvalue weighted by molar-refractivity contribution is 1.44. The van der Waals surface area contributed by atoms with Crippen LogP contribution in [-0.2, 0) is 11.8 Å². The maximum absolute atomic E-state index is 5.98. The summed E-state index contributed by atoms with van der Waals surface area (Å²) < 4.78 is 0. The normalized spacial score (nSPS) is 11.8. The standard InChI is InChI=1S/C12H12N3PS/c17-16(10-4-1-7-13-10,11-5-2-8-14-11)12-6-3-9-15-12/h1-9,13-15H. The molecule has 86 valence electrons. The Morgan fingerprint density at radius 2 is 1.06 bits per heavy atom. The van der Waals surface area contributed by atoms with Crippen molar-refractivity contribution >= 4 is 34.1 Å². The van der Waals surface area contributed by atoms with Gasteiger partial charge in [0.2, 0.25) is 0 Å². The molecule has 0 aliphatic carbocycles. The van der Waals surface area contributed by atoms with Crippen molar-refractivity contribution in [2.24, 2.45) is 0 Å². The second kappa shape index (κ2) is 4.06. The zero-order chi connectivity index (χ0) is 11.7. The predicted molar refractivity (Wildman–Crippen MR) is 75.6 cm³/mol. The van der Waals surface area contributed by atoms with E-state index in [2.05, 4.69) is 33.2 Å². The number of aromatic nitrogens is 3. The van der Waals surface area contributed by atoms with E-state index in [0.717, 1.165) is 16.3 Å². The van der Waals surface area contributed by atoms with Crippen LogP contribution < -0.4 is 16.3 Å². The number of nitrogens with one attached hydrogen (secondary N) is 3. The average Bonchev–Trinajstić information content (AvgIpc) is 3.10. The second-order valence-electron chi connectivity index (χ2n) is 3.78. The van der Waals surface area contributed by atoms with Gasteiger partial charge in [0.15, 0.2) is 0 Å². The fourth-order valence-electron chi connectivity index (χ4n) is 1.94. The summed E-state index contributed by atoms with van der Waals surface area (Å²) in [6.45, 7) is 0. The van der Waals surface area contributed by atoms with Crippen LogP contribution in [0.1, 0.15) is 0 Å². The van der Waals surface area contributed by atoms with Gasteiger partial charge in [-0.2, -0.15) is 0 Å². The van der Waals surface area contributed by atoms with Crippen LogP contribution in [0.25, 0.3) is 0 Å². The zero-order valence-electron chi connectivity index (χ0n) is 9.05. The Hall–Kier alpha value is -1.51. The Balaban J connectivity index is 2.26. The summed E-state index contributed by atoms with van der Waals surface area (Å²) in [6, 6.07) is 10.2. The molecule has 3 rings (SSSR count). The predicted octanol–water partition coefficient (Wildman–Crippen LogP) is 1.43. The molecule has 3 aromatic rings. The lowest BCUT2D eigenvalue weighted by atomic mass is 10.7. The minimum atomic E-state index is -1.97. The SMILES string of the molecule is S=P(c1ccc[nH]1)(c1ccc[nH]1)c1ccc[nH]1. The Kier molecular flexibility index (Phi) is 2.54. The fraction of sp³-hybridized carbons (Fsp3) is 0. The first kappa shape index (κ1) is 10.6. The van der Waals surface area contributed by atoms with Gasteiger partial charge in [-0.3, -0.25) is 0 Å². The minimum Gasteiger partial charge on any atom is -0.360 e. The summed E-state index contributed by atoms with van der Waals surface area (Å²) in [5.41, 5.74) is 3.28. The van der Waals surface area contributed by atoms with Gasteiger partial charge in [-0.05, 0) is 36.4 Å². The van der Waals surface area contributed by atoms with Gasteiger partial charge in [0.1, 0.15) is 0 Å². The van der Waals surface area contributed by atoms with E-state index in [1.54, 1.807) is 0 Å². The summed E-state index contributed by atoms with van der Waals surface area (Å²) >= 11 is 5.98. The van der Waals surface area contributed by atoms with Crippen LogP contribution in [-0.4, -0.2) is 15.0 Å². The molecule has 0 aromatic carbocycles. The van der Waals surface area contributed by atoms with Gasteiger partial charge in [-0.15, -0.1) is 0 Å². The number of rotatable bonds is 3. The molecular formula is C12H12N3PS. The summed E-state index contributed by atoms with van der Waals surface area (Å²) in [5, 5.41) is 0. The first-order chi connectivity index (χ1) is 8.32. The van der Waals surface area contributed by atoms with Gasteiger partial charge in [0.05, 0.1) is 22.3 Å². The molecule has 0 saturated carbocycles. The number of aromatic amines is 3. The monoisotopic (exact) mass is 261 g/mol. The first-order valence-corrected chi connectivity index (χ1v) is 8.14. The molecule has 0 aliphatic heterocycles. The van der Waals surface area contributed by atoms with E-state index in [0.29, 0.717) is 0 Å². The Morgan fingerprint density at radius 3 is 1.29 bits per heavy atom. The molecule has 3 N–H and O–H groups in total. The van der Waals surface area contributed by atoms with Crippen LogP contribution >= 0.6 is 6.04 Å². The highest BCUT2D eigenvalue weighted by molar-refractivity contribution is 8.25. The summed E-state index contributed by atoms with van der Waals surface area (Å²) in [7, 11) is 0. The van der Waals surface area contributed by atoms with Crippen LogP contribution in [0.3, 0.4) is 0 Å². The van der Waals surface area contributed by atoms with E-state index in [9.17, 15) is 0 Å². The molecule has 0 unspecified atom stereocenters. The minimum absolute atomic E-state index is 1.09. The van der Waals surface area contributed by atoms with Crippen molar-refractivity contribution in [1.29, 1.82) is 0 Å². The first-order valence-electron chi connectivity index (χ1n) is 5.34. The summed E-state index contributed by atoms with van der Waals surface area (Å²) in [5.74, 6) is 0. The molecule has 0 radical (unpaired) electrons. The Bertz CT molecular complexity index is 532. The van der Waals surface area contributed by atoms with E-state index in [1.807, 2.05) is 36.8 Å². The van der Waals surface area contributed by atoms with Crippen molar-refractivity contribution in [3.05, 3.63) is 55.0 Å². The van der Waals surface area contributed by atoms with Crippen molar-refractivity contribution < 1.29 is 0 Å². The van der Waals surface area contributed by atoms with Gasteiger partial charge >= 0.3 is 0 Å². The maximum Gasteiger partial charge on any atom is 0.0851 e. The Labute approximate surface area is 104 Å². The highest BCUT2D eigenvalue weighted by Gasteiger charge is 2.27. The molecule has 17 heavy (non-hydrogen) atoms. The molecule has 0 aliphatic rings. The molecule has 0 bridgehead atoms. The van der Waals surface area contributed by atoms with Crippen molar-refractivity contribution in [2.45, 2.75) is 0 Å². The zero-order valence-corrected chi connectivity index (χ0v) is 10.8. The molecule has 3 nitrogen and oxygen atoms in total. The fourth-order valence-corrected chi connectivity index (χ4v) is 5.40. The van der Waals surface area contributed by atoms with Crippen LogP contribution in [0.5, 0.6) is 0 Å². The summed E-state index contributed by atoms with van der Waals surface area (Å²) in [4.78, 5) is 9.78. The van der Waals surface area contributed by atoms with Gasteiger partial charge in [-0.1, -0.05) is 11.8 Å². The van der Waals surface area contributed by atoms with Crippen molar-refractivity contribution in [3.63, 3.8) is 0 Å². The third kappa shape index (κ3) is 1.61. The molecule has 0 amide bonds. The third-order valence-electron chi connectivity index (χ3n) is 2.76. The van der Waals surface area contributed by atoms with Gasteiger partial charge in [-0.25, -0.2) is 0 Å². The van der Waals surface area contributed by atoms with E-state index in [1.165, 1.54) is 0 Å². The van der Waals surface area contributed by atoms with Crippen LogP contribution in [0.15, 0.2) is 55.0 Å². The molecule has 0 fully saturated rings. The van der Waals surface area contributed by atoms with Crippen LogP contribution in [0.4, 0.5) is 0 Å². The highest BCUT2D eigenvalue weighted by Crippen LogP contribution is 2.40. The molecule has 0 saturated heterocycles. The molecule has 0 spiro atoms. The van der Waals surface area contributed by atoms with Gasteiger partial charge in [0.25, 0.3) is 0 Å². The van der Waals surface area contributed by atoms with E-state index in [-0.39, 0.29) is 0 Å². The smallest absolute Gasteiger partial charge is 0.0851 e. The highest BCUT2D eigenvalue weighted by atomic mass is 32.4. The van der Waals surface area contributed by atoms with E-state index in [4.69, 9.17) is 11.8 Å². The van der Waals surface area contributed by atoms with Crippen molar-refractivity contribution in [2.75, 3.05) is 0 Å². The van der Waals surface area contributed by atoms with Crippen LogP contribution in [0.2, 0.25) is 0 Å². The second-order valence-corrected chi connectivity index (χ2v) is 8.08. The van der Waals surface area contributed by atoms with E-state index < -0.39 is 6.04 Å². The topological polar surface area (TPSA) is 47.4 Å². The molecular weight excluding hydrogens is 249 g/mol. The van der Waals surface area contributed by atoms with Crippen molar-refractivity contribution in [3.8, 4) is 0 Å². The molecule has 0 atom stereocenters. The number of H-pyrrole nitrogens is 3. The number of hydrogen-bond acceptors (Lipinski definition) is 1. The lowest BCUT2D eigenvalue weighted by Crippen LogP contribution is -2.26. The van der Waals surface area contributed by atoms with E-state index >= 15 is 0 Å². The largest absolute Gasteiger partial charge is 0.360 e. The summed E-state index contributed by atoms with van der Waals surface area (Å²) in [6.07, 6.45) is 5.76. The van der Waals surface area contributed by atoms with Crippen LogP contribution in [0, 0.1) is 0 Å². The maximum atomic E-state index is 5.98. The van der Waals surface area contributed by atoms with Crippen molar-refractivity contribution in [1.82, 2.24) is 15.0 Å². The molecule has 3 heterocycles. The van der Waals surface area contributed by atoms with Gasteiger partial charge < -0.3 is 15.0 Å². The average molecular weight is 261 g/mol. The quantitative estimate of drug-likeness (QED) is 0.614. The Morgan fingerprint density at radius 1 is 0.706 bits per heavy atom. The van der Waals surface area contributed by atoms with Gasteiger partial charge in [0, 0.05) is 18.6 Å². The number of hydrogen-bond donors (Lipinski definition) is 3. The lowest BCUT2D eigenvalue weighted by Gasteiger charge is -2.18. The molecule has 3 aromatic heterocycles. The molecule has 5 heteroatoms. The third-order valence-corrected chi connectivity index (χ3v) is 7.40.